The molecular formula is C25H26. The van der Waals surface area contributed by atoms with Crippen molar-refractivity contribution >= 4 is 12.2 Å². The number of fused-ring (bicyclic) bond motifs is 3. The highest BCUT2D eigenvalue weighted by Crippen LogP contribution is 2.49. The average molecular weight is 326 g/mol. The van der Waals surface area contributed by atoms with Crippen molar-refractivity contribution < 1.29 is 0 Å². The Bertz CT molecular complexity index is 740. The van der Waals surface area contributed by atoms with Gasteiger partial charge >= 0.3 is 0 Å². The van der Waals surface area contributed by atoms with Crippen molar-refractivity contribution in [1.29, 1.82) is 0 Å². The van der Waals surface area contributed by atoms with Gasteiger partial charge in [0.2, 0.25) is 0 Å². The van der Waals surface area contributed by atoms with Crippen LogP contribution < -0.4 is 0 Å². The monoisotopic (exact) mass is 326 g/mol. The summed E-state index contributed by atoms with van der Waals surface area (Å²) < 4.78 is 0. The Kier molecular flexibility index (Phi) is 4.97. The fourth-order valence-corrected chi connectivity index (χ4v) is 4.15. The smallest absolute Gasteiger partial charge is 0.00930 e. The zero-order valence-corrected chi connectivity index (χ0v) is 14.7. The Labute approximate surface area is 151 Å². The van der Waals surface area contributed by atoms with Crippen LogP contribution in [0, 0.1) is 11.8 Å². The van der Waals surface area contributed by atoms with Gasteiger partial charge in [0.1, 0.15) is 0 Å². The van der Waals surface area contributed by atoms with E-state index in [1.807, 2.05) is 0 Å². The summed E-state index contributed by atoms with van der Waals surface area (Å²) in [7, 11) is 0. The molecule has 0 N–H and O–H groups in total. The minimum absolute atomic E-state index is 0.805. The van der Waals surface area contributed by atoms with Crippen molar-refractivity contribution in [3.8, 4) is 0 Å². The zero-order chi connectivity index (χ0) is 16.9. The first-order valence-electron chi connectivity index (χ1n) is 9.54. The minimum Gasteiger partial charge on any atom is -0.0851 e. The number of rotatable bonds is 1. The third kappa shape index (κ3) is 3.85. The summed E-state index contributed by atoms with van der Waals surface area (Å²) in [6.07, 6.45) is 31.1. The fourth-order valence-electron chi connectivity index (χ4n) is 4.15. The fraction of sp³-hybridized carbons (Fsp3) is 0.280. The van der Waals surface area contributed by atoms with Crippen LogP contribution in [0.2, 0.25) is 0 Å². The SMILES string of the molecule is C1=CCC=C1.C1=CCC=C1.C1=Cc2cc(C3CC4C=CC3C4)ccc21. The van der Waals surface area contributed by atoms with Crippen LogP contribution in [0.5, 0.6) is 0 Å². The van der Waals surface area contributed by atoms with Gasteiger partial charge in [-0.05, 0) is 60.1 Å². The maximum Gasteiger partial charge on any atom is -0.00930 e. The molecule has 0 radical (unpaired) electrons. The molecule has 1 fully saturated rings. The molecule has 2 bridgehead atoms. The molecule has 0 aliphatic heterocycles. The lowest BCUT2D eigenvalue weighted by atomic mass is 9.84. The van der Waals surface area contributed by atoms with Crippen molar-refractivity contribution in [3.05, 3.63) is 95.6 Å². The van der Waals surface area contributed by atoms with Crippen LogP contribution in [0.4, 0.5) is 0 Å². The van der Waals surface area contributed by atoms with E-state index in [0.29, 0.717) is 0 Å². The van der Waals surface area contributed by atoms with Crippen molar-refractivity contribution in [2.75, 3.05) is 0 Å². The third-order valence-electron chi connectivity index (χ3n) is 5.57. The summed E-state index contributed by atoms with van der Waals surface area (Å²) in [6.45, 7) is 0. The van der Waals surface area contributed by atoms with E-state index in [4.69, 9.17) is 0 Å². The topological polar surface area (TPSA) is 0 Å². The first kappa shape index (κ1) is 16.1. The second-order valence-electron chi connectivity index (χ2n) is 7.29. The highest BCUT2D eigenvalue weighted by Gasteiger charge is 2.36. The minimum atomic E-state index is 0.805. The van der Waals surface area contributed by atoms with Crippen molar-refractivity contribution in [1.82, 2.24) is 0 Å². The van der Waals surface area contributed by atoms with E-state index < -0.39 is 0 Å². The van der Waals surface area contributed by atoms with Gasteiger partial charge < -0.3 is 0 Å². The van der Waals surface area contributed by atoms with Gasteiger partial charge in [-0.3, -0.25) is 0 Å². The van der Waals surface area contributed by atoms with E-state index in [9.17, 15) is 0 Å². The van der Waals surface area contributed by atoms with Gasteiger partial charge in [0.15, 0.2) is 0 Å². The molecule has 1 saturated carbocycles. The van der Waals surface area contributed by atoms with Gasteiger partial charge in [0, 0.05) is 0 Å². The molecule has 0 aromatic heterocycles. The Morgan fingerprint density at radius 1 is 0.680 bits per heavy atom. The van der Waals surface area contributed by atoms with Gasteiger partial charge in [0.05, 0.1) is 0 Å². The molecule has 25 heavy (non-hydrogen) atoms. The summed E-state index contributed by atoms with van der Waals surface area (Å²) in [5.41, 5.74) is 4.42. The van der Waals surface area contributed by atoms with E-state index >= 15 is 0 Å². The van der Waals surface area contributed by atoms with Gasteiger partial charge in [-0.15, -0.1) is 0 Å². The lowest BCUT2D eigenvalue weighted by Gasteiger charge is -2.21. The molecule has 0 heterocycles. The molecule has 0 nitrogen and oxygen atoms in total. The molecule has 0 spiro atoms. The standard InChI is InChI=1S/C15H14.2C5H6/c1-2-13-7-10(1)8-15(13)14-6-4-11-3-5-12(11)9-14;2*1-2-4-5-3-1/h1-6,9-10,13,15H,7-8H2;2*1-4H,5H2. The molecule has 3 unspecified atom stereocenters. The first-order valence-corrected chi connectivity index (χ1v) is 9.54. The van der Waals surface area contributed by atoms with Crippen LogP contribution in [-0.4, -0.2) is 0 Å². The number of allylic oxidation sites excluding steroid dienone is 10. The van der Waals surface area contributed by atoms with Crippen LogP contribution in [0.1, 0.15) is 48.3 Å². The van der Waals surface area contributed by atoms with Gasteiger partial charge in [-0.1, -0.05) is 91.1 Å². The van der Waals surface area contributed by atoms with Crippen LogP contribution in [0.15, 0.2) is 79.0 Å². The van der Waals surface area contributed by atoms with E-state index in [1.54, 1.807) is 5.56 Å². The molecule has 5 aliphatic rings. The normalized spacial score (nSPS) is 27.6. The molecule has 3 atom stereocenters. The Balaban J connectivity index is 0.000000129. The summed E-state index contributed by atoms with van der Waals surface area (Å²) in [6, 6.07) is 7.01. The number of hydrogen-bond donors (Lipinski definition) is 0. The summed E-state index contributed by atoms with van der Waals surface area (Å²) in [5.74, 6) is 2.51. The van der Waals surface area contributed by atoms with Crippen LogP contribution >= 0.6 is 0 Å². The lowest BCUT2D eigenvalue weighted by molar-refractivity contribution is 0.585. The van der Waals surface area contributed by atoms with Gasteiger partial charge in [-0.25, -0.2) is 0 Å². The van der Waals surface area contributed by atoms with Crippen molar-refractivity contribution in [2.24, 2.45) is 11.8 Å². The molecule has 126 valence electrons. The molecule has 1 aromatic rings. The van der Waals surface area contributed by atoms with Gasteiger partial charge in [0.25, 0.3) is 0 Å². The number of benzene rings is 1. The van der Waals surface area contributed by atoms with Crippen molar-refractivity contribution in [3.63, 3.8) is 0 Å². The second-order valence-corrected chi connectivity index (χ2v) is 7.29. The average Bonchev–Trinajstić information content (AvgIpc) is 3.43. The lowest BCUT2D eigenvalue weighted by Crippen LogP contribution is -2.06. The van der Waals surface area contributed by atoms with Crippen molar-refractivity contribution in [2.45, 2.75) is 31.6 Å². The quantitative estimate of drug-likeness (QED) is 0.502. The zero-order valence-electron chi connectivity index (χ0n) is 14.7. The largest absolute Gasteiger partial charge is 0.0851 e. The van der Waals surface area contributed by atoms with E-state index in [1.165, 1.54) is 24.0 Å². The molecule has 0 amide bonds. The number of hydrogen-bond acceptors (Lipinski definition) is 0. The van der Waals surface area contributed by atoms with E-state index in [0.717, 1.165) is 30.6 Å². The summed E-state index contributed by atoms with van der Waals surface area (Å²) >= 11 is 0. The second kappa shape index (κ2) is 7.70. The Morgan fingerprint density at radius 3 is 1.76 bits per heavy atom. The molecule has 0 heteroatoms. The highest BCUT2D eigenvalue weighted by atomic mass is 14.4. The van der Waals surface area contributed by atoms with E-state index in [2.05, 4.69) is 91.1 Å². The van der Waals surface area contributed by atoms with Crippen LogP contribution in [-0.2, 0) is 0 Å². The Hall–Kier alpha value is -2.34. The van der Waals surface area contributed by atoms with Crippen LogP contribution in [0.25, 0.3) is 12.2 Å². The van der Waals surface area contributed by atoms with Gasteiger partial charge in [-0.2, -0.15) is 0 Å². The maximum absolute atomic E-state index is 2.44. The molecule has 5 aliphatic carbocycles. The first-order chi connectivity index (χ1) is 12.4. The maximum atomic E-state index is 2.44. The predicted molar refractivity (Wildman–Crippen MR) is 109 cm³/mol. The summed E-state index contributed by atoms with van der Waals surface area (Å²) in [5, 5.41) is 0. The molecule has 6 rings (SSSR count). The predicted octanol–water partition coefficient (Wildman–Crippen LogP) is 6.86. The third-order valence-corrected chi connectivity index (χ3v) is 5.57. The molecule has 1 aromatic carbocycles. The summed E-state index contributed by atoms with van der Waals surface area (Å²) in [4.78, 5) is 0. The van der Waals surface area contributed by atoms with E-state index in [-0.39, 0.29) is 0 Å². The molecular weight excluding hydrogens is 300 g/mol. The van der Waals surface area contributed by atoms with Crippen LogP contribution in [0.3, 0.4) is 0 Å². The Morgan fingerprint density at radius 2 is 1.36 bits per heavy atom. The highest BCUT2D eigenvalue weighted by molar-refractivity contribution is 5.85. The molecule has 0 saturated heterocycles.